The molecule has 28 heavy (non-hydrogen) atoms. The molecule has 1 heterocycles. The predicted octanol–water partition coefficient (Wildman–Crippen LogP) is 4.31. The highest BCUT2D eigenvalue weighted by atomic mass is 32.1. The van der Waals surface area contributed by atoms with Gasteiger partial charge in [-0.2, -0.15) is 0 Å². The van der Waals surface area contributed by atoms with Gasteiger partial charge in [0.15, 0.2) is 16.6 Å². The lowest BCUT2D eigenvalue weighted by Gasteiger charge is -2.17. The van der Waals surface area contributed by atoms with Crippen molar-refractivity contribution in [2.24, 2.45) is 0 Å². The fourth-order valence-corrected chi connectivity index (χ4v) is 3.36. The third kappa shape index (κ3) is 4.02. The quantitative estimate of drug-likeness (QED) is 0.583. The summed E-state index contributed by atoms with van der Waals surface area (Å²) in [6.45, 7) is 5.97. The zero-order valence-corrected chi connectivity index (χ0v) is 17.3. The zero-order chi connectivity index (χ0) is 20.3. The molecular weight excluding hydrogens is 372 g/mol. The van der Waals surface area contributed by atoms with Crippen LogP contribution in [0.5, 0.6) is 11.5 Å². The molecule has 0 spiro atoms. The molecule has 1 saturated heterocycles. The maximum atomic E-state index is 13.0. The van der Waals surface area contributed by atoms with E-state index in [0.29, 0.717) is 22.3 Å². The number of hydrogen-bond acceptors (Lipinski definition) is 4. The second-order valence-corrected chi connectivity index (χ2v) is 7.07. The predicted molar refractivity (Wildman–Crippen MR) is 116 cm³/mol. The maximum absolute atomic E-state index is 13.0. The highest BCUT2D eigenvalue weighted by Crippen LogP contribution is 2.31. The highest BCUT2D eigenvalue weighted by Gasteiger charge is 2.33. The summed E-state index contributed by atoms with van der Waals surface area (Å²) in [5.74, 6) is 1.11. The standard InChI is InChI=1S/C22H24N2O3S/c1-5-16-8-6-7-9-18(16)24-21(25)17(23-22(24)28)12-15-10-11-19(27-14(2)3)20(13-15)26-4/h6-14H,5H2,1-4H3,(H,23,28)/b17-12+. The van der Waals surface area contributed by atoms with E-state index in [1.807, 2.05) is 56.3 Å². The van der Waals surface area contributed by atoms with Gasteiger partial charge in [0.2, 0.25) is 0 Å². The lowest BCUT2D eigenvalue weighted by Crippen LogP contribution is -2.31. The molecule has 2 aromatic carbocycles. The van der Waals surface area contributed by atoms with Gasteiger partial charge < -0.3 is 14.8 Å². The van der Waals surface area contributed by atoms with Crippen LogP contribution in [-0.2, 0) is 11.2 Å². The number of ether oxygens (including phenoxy) is 2. The molecule has 1 aliphatic rings. The van der Waals surface area contributed by atoms with Crippen molar-refractivity contribution in [3.63, 3.8) is 0 Å². The molecule has 0 atom stereocenters. The van der Waals surface area contributed by atoms with Crippen LogP contribution in [-0.4, -0.2) is 24.2 Å². The van der Waals surface area contributed by atoms with E-state index in [1.54, 1.807) is 18.1 Å². The number of carbonyl (C=O) groups is 1. The average Bonchev–Trinajstić information content (AvgIpc) is 2.95. The lowest BCUT2D eigenvalue weighted by molar-refractivity contribution is -0.113. The fourth-order valence-electron chi connectivity index (χ4n) is 3.07. The van der Waals surface area contributed by atoms with E-state index < -0.39 is 0 Å². The summed E-state index contributed by atoms with van der Waals surface area (Å²) in [7, 11) is 1.59. The Balaban J connectivity index is 1.92. The molecule has 0 saturated carbocycles. The number of anilines is 1. The summed E-state index contributed by atoms with van der Waals surface area (Å²) < 4.78 is 11.2. The van der Waals surface area contributed by atoms with Crippen molar-refractivity contribution in [1.82, 2.24) is 5.32 Å². The van der Waals surface area contributed by atoms with Gasteiger partial charge in [-0.05, 0) is 67.9 Å². The SMILES string of the molecule is CCc1ccccc1N1C(=O)/C(=C\c2ccc(OC(C)C)c(OC)c2)NC1=S. The molecule has 1 N–H and O–H groups in total. The van der Waals surface area contributed by atoms with Crippen LogP contribution < -0.4 is 19.7 Å². The van der Waals surface area contributed by atoms with Crippen LogP contribution in [0.1, 0.15) is 31.9 Å². The minimum absolute atomic E-state index is 0.0424. The first-order valence-corrected chi connectivity index (χ1v) is 9.65. The van der Waals surface area contributed by atoms with E-state index in [-0.39, 0.29) is 12.0 Å². The van der Waals surface area contributed by atoms with Crippen molar-refractivity contribution < 1.29 is 14.3 Å². The normalized spacial score (nSPS) is 15.3. The van der Waals surface area contributed by atoms with Crippen LogP contribution in [0.15, 0.2) is 48.2 Å². The first-order valence-electron chi connectivity index (χ1n) is 9.24. The summed E-state index contributed by atoms with van der Waals surface area (Å²) in [5.41, 5.74) is 3.12. The number of nitrogens with one attached hydrogen (secondary N) is 1. The molecule has 3 rings (SSSR count). The number of methoxy groups -OCH3 is 1. The molecule has 146 valence electrons. The van der Waals surface area contributed by atoms with Crippen molar-refractivity contribution >= 4 is 35.0 Å². The van der Waals surface area contributed by atoms with Gasteiger partial charge in [-0.25, -0.2) is 0 Å². The van der Waals surface area contributed by atoms with Gasteiger partial charge in [-0.15, -0.1) is 0 Å². The number of nitrogens with zero attached hydrogens (tertiary/aromatic N) is 1. The first-order chi connectivity index (χ1) is 13.4. The summed E-state index contributed by atoms with van der Waals surface area (Å²) >= 11 is 5.43. The van der Waals surface area contributed by atoms with Gasteiger partial charge in [0.25, 0.3) is 5.91 Å². The Morgan fingerprint density at radius 1 is 1.18 bits per heavy atom. The van der Waals surface area contributed by atoms with Gasteiger partial charge in [-0.3, -0.25) is 9.69 Å². The van der Waals surface area contributed by atoms with Gasteiger partial charge >= 0.3 is 0 Å². The second kappa shape index (κ2) is 8.44. The van der Waals surface area contributed by atoms with Crippen LogP contribution in [0.25, 0.3) is 6.08 Å². The molecule has 1 amide bonds. The van der Waals surface area contributed by atoms with Crippen molar-refractivity contribution in [2.45, 2.75) is 33.3 Å². The Labute approximate surface area is 170 Å². The number of para-hydroxylation sites is 1. The van der Waals surface area contributed by atoms with Crippen LogP contribution >= 0.6 is 12.2 Å². The summed E-state index contributed by atoms with van der Waals surface area (Å²) in [6, 6.07) is 13.3. The maximum Gasteiger partial charge on any atom is 0.281 e. The van der Waals surface area contributed by atoms with E-state index in [0.717, 1.165) is 23.2 Å². The second-order valence-electron chi connectivity index (χ2n) is 6.69. The Bertz CT molecular complexity index is 937. The van der Waals surface area contributed by atoms with Gasteiger partial charge in [-0.1, -0.05) is 31.2 Å². The van der Waals surface area contributed by atoms with Crippen LogP contribution in [0.2, 0.25) is 0 Å². The number of hydrogen-bond donors (Lipinski definition) is 1. The van der Waals surface area contributed by atoms with Crippen LogP contribution in [0.3, 0.4) is 0 Å². The van der Waals surface area contributed by atoms with E-state index in [2.05, 4.69) is 12.2 Å². The number of benzene rings is 2. The third-order valence-electron chi connectivity index (χ3n) is 4.35. The molecular formula is C22H24N2O3S. The Hall–Kier alpha value is -2.86. The fraction of sp³-hybridized carbons (Fsp3) is 0.273. The Morgan fingerprint density at radius 3 is 2.61 bits per heavy atom. The van der Waals surface area contributed by atoms with Crippen molar-refractivity contribution in [3.05, 3.63) is 59.3 Å². The number of aryl methyl sites for hydroxylation is 1. The molecule has 2 aromatic rings. The Kier molecular flexibility index (Phi) is 5.99. The monoisotopic (exact) mass is 396 g/mol. The van der Waals surface area contributed by atoms with Gasteiger partial charge in [0.05, 0.1) is 18.9 Å². The number of thiocarbonyl (C=S) groups is 1. The summed E-state index contributed by atoms with van der Waals surface area (Å²) in [6.07, 6.45) is 2.63. The van der Waals surface area contributed by atoms with Crippen LogP contribution in [0, 0.1) is 0 Å². The minimum atomic E-state index is -0.174. The summed E-state index contributed by atoms with van der Waals surface area (Å²) in [5, 5.41) is 3.41. The van der Waals surface area contributed by atoms with E-state index >= 15 is 0 Å². The molecule has 1 fully saturated rings. The highest BCUT2D eigenvalue weighted by molar-refractivity contribution is 7.80. The smallest absolute Gasteiger partial charge is 0.281 e. The molecule has 0 bridgehead atoms. The van der Waals surface area contributed by atoms with Gasteiger partial charge in [0, 0.05) is 0 Å². The minimum Gasteiger partial charge on any atom is -0.493 e. The topological polar surface area (TPSA) is 50.8 Å². The molecule has 0 aromatic heterocycles. The summed E-state index contributed by atoms with van der Waals surface area (Å²) in [4.78, 5) is 14.6. The average molecular weight is 397 g/mol. The van der Waals surface area contributed by atoms with Gasteiger partial charge in [0.1, 0.15) is 5.70 Å². The molecule has 0 unspecified atom stereocenters. The molecule has 6 heteroatoms. The number of carbonyl (C=O) groups excluding carboxylic acids is 1. The number of amides is 1. The van der Waals surface area contributed by atoms with Crippen molar-refractivity contribution in [1.29, 1.82) is 0 Å². The van der Waals surface area contributed by atoms with E-state index in [4.69, 9.17) is 21.7 Å². The third-order valence-corrected chi connectivity index (χ3v) is 4.64. The molecule has 1 aliphatic heterocycles. The lowest BCUT2D eigenvalue weighted by atomic mass is 10.1. The van der Waals surface area contributed by atoms with E-state index in [1.165, 1.54) is 0 Å². The molecule has 0 aliphatic carbocycles. The zero-order valence-electron chi connectivity index (χ0n) is 16.5. The Morgan fingerprint density at radius 2 is 1.93 bits per heavy atom. The van der Waals surface area contributed by atoms with Crippen molar-refractivity contribution in [2.75, 3.05) is 12.0 Å². The molecule has 0 radical (unpaired) electrons. The van der Waals surface area contributed by atoms with E-state index in [9.17, 15) is 4.79 Å². The van der Waals surface area contributed by atoms with Crippen molar-refractivity contribution in [3.8, 4) is 11.5 Å². The first kappa shape index (κ1) is 19.9. The number of rotatable bonds is 6. The van der Waals surface area contributed by atoms with Crippen LogP contribution in [0.4, 0.5) is 5.69 Å². The largest absolute Gasteiger partial charge is 0.493 e. The molecule has 5 nitrogen and oxygen atoms in total.